The van der Waals surface area contributed by atoms with Crippen molar-refractivity contribution in [2.75, 3.05) is 33.7 Å². The van der Waals surface area contributed by atoms with Crippen LogP contribution in [-0.4, -0.2) is 54.7 Å². The molecule has 1 N–H and O–H groups in total. The van der Waals surface area contributed by atoms with Gasteiger partial charge in [-0.1, -0.05) is 12.8 Å². The summed E-state index contributed by atoms with van der Waals surface area (Å²) in [6.07, 6.45) is 0.793. The number of hydrogen-bond donors (Lipinski definition) is 2. The number of nitrogens with zero attached hydrogens (tertiary/aromatic N) is 2. The summed E-state index contributed by atoms with van der Waals surface area (Å²) in [5.41, 5.74) is 0. The first-order chi connectivity index (χ1) is 6.99. The Morgan fingerprint density at radius 3 is 2.33 bits per heavy atom. The number of rotatable bonds is 5. The smallest absolute Gasteiger partial charge is 0.321 e. The molecule has 0 unspecified atom stereocenters. The van der Waals surface area contributed by atoms with E-state index in [2.05, 4.69) is 18.1 Å². The van der Waals surface area contributed by atoms with E-state index in [-0.39, 0.29) is 0 Å². The van der Waals surface area contributed by atoms with Gasteiger partial charge in [0.15, 0.2) is 0 Å². The third-order valence-electron chi connectivity index (χ3n) is 1.74. The normalized spacial score (nSPS) is 10.2. The van der Waals surface area contributed by atoms with Crippen molar-refractivity contribution in [3.63, 3.8) is 0 Å². The van der Waals surface area contributed by atoms with Crippen LogP contribution in [0.3, 0.4) is 0 Å². The van der Waals surface area contributed by atoms with Crippen LogP contribution < -0.4 is 5.32 Å². The first kappa shape index (κ1) is 14.2. The SMILES string of the molecule is CCNC(=O)C(=O)N(S)CCCN(C)C. The summed E-state index contributed by atoms with van der Waals surface area (Å²) in [4.78, 5) is 24.5. The third kappa shape index (κ3) is 6.35. The topological polar surface area (TPSA) is 52.7 Å². The second kappa shape index (κ2) is 7.53. The molecule has 0 spiro atoms. The van der Waals surface area contributed by atoms with Crippen molar-refractivity contribution in [3.8, 4) is 0 Å². The van der Waals surface area contributed by atoms with Crippen LogP contribution in [0.5, 0.6) is 0 Å². The Morgan fingerprint density at radius 2 is 1.87 bits per heavy atom. The summed E-state index contributed by atoms with van der Waals surface area (Å²) in [7, 11) is 3.91. The minimum absolute atomic E-state index is 0.448. The van der Waals surface area contributed by atoms with Crippen molar-refractivity contribution in [1.29, 1.82) is 0 Å². The molecule has 0 aliphatic carbocycles. The molecule has 5 nitrogen and oxygen atoms in total. The van der Waals surface area contributed by atoms with Gasteiger partial charge in [0.2, 0.25) is 0 Å². The molecule has 0 aliphatic rings. The molecule has 0 heterocycles. The molecule has 0 aromatic carbocycles. The van der Waals surface area contributed by atoms with Crippen LogP contribution in [0, 0.1) is 0 Å². The third-order valence-corrected chi connectivity index (χ3v) is 2.12. The van der Waals surface area contributed by atoms with Crippen molar-refractivity contribution in [2.24, 2.45) is 0 Å². The molecule has 0 saturated heterocycles. The van der Waals surface area contributed by atoms with Crippen LogP contribution in [-0.2, 0) is 9.59 Å². The molecular formula is C9H19N3O2S. The molecule has 0 aromatic heterocycles. The van der Waals surface area contributed by atoms with Gasteiger partial charge in [0.25, 0.3) is 0 Å². The molecule has 0 aromatic rings. The molecule has 0 rings (SSSR count). The monoisotopic (exact) mass is 233 g/mol. The Labute approximate surface area is 96.3 Å². The van der Waals surface area contributed by atoms with E-state index < -0.39 is 11.8 Å². The number of thiol groups is 1. The average molecular weight is 233 g/mol. The fourth-order valence-electron chi connectivity index (χ4n) is 0.992. The number of likely N-dealkylation sites (N-methyl/N-ethyl adjacent to an activating group) is 1. The lowest BCUT2D eigenvalue weighted by Gasteiger charge is -2.16. The minimum atomic E-state index is -0.600. The predicted molar refractivity (Wildman–Crippen MR) is 62.6 cm³/mol. The van der Waals surface area contributed by atoms with E-state index in [9.17, 15) is 9.59 Å². The highest BCUT2D eigenvalue weighted by molar-refractivity contribution is 7.78. The Balaban J connectivity index is 3.83. The molecular weight excluding hydrogens is 214 g/mol. The van der Waals surface area contributed by atoms with Gasteiger partial charge in [0.05, 0.1) is 0 Å². The van der Waals surface area contributed by atoms with Gasteiger partial charge < -0.3 is 10.2 Å². The summed E-state index contributed by atoms with van der Waals surface area (Å²) in [5, 5.41) is 2.44. The number of carbonyl (C=O) groups is 2. The zero-order valence-corrected chi connectivity index (χ0v) is 10.4. The maximum absolute atomic E-state index is 11.3. The lowest BCUT2D eigenvalue weighted by molar-refractivity contribution is -0.142. The maximum Gasteiger partial charge on any atom is 0.321 e. The zero-order chi connectivity index (χ0) is 11.8. The molecule has 0 saturated carbocycles. The summed E-state index contributed by atoms with van der Waals surface area (Å²) in [5.74, 6) is -1.20. The van der Waals surface area contributed by atoms with Crippen molar-refractivity contribution in [3.05, 3.63) is 0 Å². The Bertz CT molecular complexity index is 221. The van der Waals surface area contributed by atoms with Crippen LogP contribution in [0.25, 0.3) is 0 Å². The molecule has 6 heteroatoms. The highest BCUT2D eigenvalue weighted by Crippen LogP contribution is 1.97. The van der Waals surface area contributed by atoms with Gasteiger partial charge in [-0.15, -0.1) is 0 Å². The number of amides is 2. The van der Waals surface area contributed by atoms with Gasteiger partial charge in [-0.2, -0.15) is 0 Å². The molecule has 2 amide bonds. The molecule has 0 bridgehead atoms. The van der Waals surface area contributed by atoms with E-state index >= 15 is 0 Å². The highest BCUT2D eigenvalue weighted by atomic mass is 32.1. The van der Waals surface area contributed by atoms with Gasteiger partial charge in [0.1, 0.15) is 0 Å². The van der Waals surface area contributed by atoms with Crippen molar-refractivity contribution in [1.82, 2.24) is 14.5 Å². The van der Waals surface area contributed by atoms with E-state index in [1.165, 1.54) is 0 Å². The van der Waals surface area contributed by atoms with Gasteiger partial charge in [-0.25, -0.2) is 0 Å². The van der Waals surface area contributed by atoms with Crippen molar-refractivity contribution < 1.29 is 9.59 Å². The standard InChI is InChI=1S/C9H19N3O2S/c1-4-10-8(13)9(14)12(15)7-5-6-11(2)3/h15H,4-7H2,1-3H3,(H,10,13). The lowest BCUT2D eigenvalue weighted by Crippen LogP contribution is -2.39. The molecule has 0 radical (unpaired) electrons. The summed E-state index contributed by atoms with van der Waals surface area (Å²) >= 11 is 3.96. The van der Waals surface area contributed by atoms with Gasteiger partial charge >= 0.3 is 11.8 Å². The van der Waals surface area contributed by atoms with Crippen LogP contribution in [0.4, 0.5) is 0 Å². The van der Waals surface area contributed by atoms with Gasteiger partial charge in [-0.3, -0.25) is 13.9 Å². The summed E-state index contributed by atoms with van der Waals surface area (Å²) in [6.45, 7) is 3.54. The fraction of sp³-hybridized carbons (Fsp3) is 0.778. The maximum atomic E-state index is 11.3. The Morgan fingerprint density at radius 1 is 1.27 bits per heavy atom. The zero-order valence-electron chi connectivity index (χ0n) is 9.49. The largest absolute Gasteiger partial charge is 0.348 e. The molecule has 0 fully saturated rings. The Kier molecular flexibility index (Phi) is 7.15. The van der Waals surface area contributed by atoms with Crippen molar-refractivity contribution >= 4 is 24.6 Å². The van der Waals surface area contributed by atoms with Crippen LogP contribution >= 0.6 is 12.8 Å². The quantitative estimate of drug-likeness (QED) is 0.508. The van der Waals surface area contributed by atoms with Crippen LogP contribution in [0.2, 0.25) is 0 Å². The summed E-state index contributed by atoms with van der Waals surface area (Å²) in [6, 6.07) is 0. The fourth-order valence-corrected chi connectivity index (χ4v) is 1.22. The van der Waals surface area contributed by atoms with E-state index in [0.29, 0.717) is 13.1 Å². The second-order valence-corrected chi connectivity index (χ2v) is 3.93. The number of hydrogen-bond acceptors (Lipinski definition) is 4. The van der Waals surface area contributed by atoms with Gasteiger partial charge in [0, 0.05) is 13.1 Å². The number of nitrogens with one attached hydrogen (secondary N) is 1. The van der Waals surface area contributed by atoms with E-state index in [1.54, 1.807) is 6.92 Å². The molecule has 88 valence electrons. The Hall–Kier alpha value is -0.750. The second-order valence-electron chi connectivity index (χ2n) is 3.44. The minimum Gasteiger partial charge on any atom is -0.348 e. The molecule has 0 atom stereocenters. The lowest BCUT2D eigenvalue weighted by atomic mass is 10.4. The average Bonchev–Trinajstić information content (AvgIpc) is 2.16. The first-order valence-electron chi connectivity index (χ1n) is 4.92. The first-order valence-corrected chi connectivity index (χ1v) is 5.32. The molecule has 0 aliphatic heterocycles. The molecule has 15 heavy (non-hydrogen) atoms. The summed E-state index contributed by atoms with van der Waals surface area (Å²) < 4.78 is 1.15. The predicted octanol–water partition coefficient (Wildman–Crippen LogP) is -0.252. The van der Waals surface area contributed by atoms with E-state index in [1.807, 2.05) is 19.0 Å². The van der Waals surface area contributed by atoms with E-state index in [0.717, 1.165) is 17.3 Å². The number of carbonyl (C=O) groups excluding carboxylic acids is 2. The van der Waals surface area contributed by atoms with Gasteiger partial charge in [-0.05, 0) is 34.0 Å². The highest BCUT2D eigenvalue weighted by Gasteiger charge is 2.17. The van der Waals surface area contributed by atoms with Crippen molar-refractivity contribution in [2.45, 2.75) is 13.3 Å². The van der Waals surface area contributed by atoms with Crippen LogP contribution in [0.15, 0.2) is 0 Å². The van der Waals surface area contributed by atoms with Crippen LogP contribution in [0.1, 0.15) is 13.3 Å². The van der Waals surface area contributed by atoms with E-state index in [4.69, 9.17) is 0 Å².